The molecule has 0 unspecified atom stereocenters. The van der Waals surface area contributed by atoms with Gasteiger partial charge in [-0.2, -0.15) is 0 Å². The maximum atomic E-state index is 12.7. The number of carbonyl (C=O) groups excluding carboxylic acids is 2. The Morgan fingerprint density at radius 2 is 1.90 bits per heavy atom. The minimum atomic E-state index is -3.61. The van der Waals surface area contributed by atoms with Crippen molar-refractivity contribution in [1.82, 2.24) is 4.72 Å². The average molecular weight is 464 g/mol. The predicted molar refractivity (Wildman–Crippen MR) is 122 cm³/mol. The molecule has 1 heterocycles. The van der Waals surface area contributed by atoms with E-state index in [0.717, 1.165) is 5.56 Å². The van der Waals surface area contributed by atoms with E-state index in [9.17, 15) is 18.0 Å². The second-order valence-electron chi connectivity index (χ2n) is 7.78. The topological polar surface area (TPSA) is 95.6 Å². The first-order chi connectivity index (χ1) is 14.6. The highest BCUT2D eigenvalue weighted by Crippen LogP contribution is 2.29. The number of sulfonamides is 1. The lowest BCUT2D eigenvalue weighted by molar-refractivity contribution is -0.122. The van der Waals surface area contributed by atoms with E-state index in [2.05, 4.69) is 10.0 Å². The number of nitrogens with one attached hydrogen (secondary N) is 2. The Kier molecular flexibility index (Phi) is 7.03. The van der Waals surface area contributed by atoms with Crippen molar-refractivity contribution in [3.05, 3.63) is 53.1 Å². The molecule has 0 spiro atoms. The van der Waals surface area contributed by atoms with Crippen LogP contribution in [0.15, 0.2) is 47.4 Å². The first kappa shape index (κ1) is 23.2. The van der Waals surface area contributed by atoms with Crippen molar-refractivity contribution in [2.75, 3.05) is 16.8 Å². The van der Waals surface area contributed by atoms with Crippen LogP contribution in [-0.4, -0.2) is 32.8 Å². The number of aryl methyl sites for hydroxylation is 1. The van der Waals surface area contributed by atoms with Crippen molar-refractivity contribution in [3.8, 4) is 0 Å². The van der Waals surface area contributed by atoms with Crippen LogP contribution in [0.1, 0.15) is 32.3 Å². The molecule has 0 saturated carbocycles. The number of halogens is 1. The standard InChI is InChI=1S/C22H26ClN3O4S/c1-4-15(3)25-31(29,30)19-9-6-17(7-10-19)24-22(28)16-11-21(27)26(13-16)18-8-5-14(2)20(23)12-18/h5-10,12,15-16,25H,4,11,13H2,1-3H3,(H,24,28)/t15-,16-/m0/s1. The lowest BCUT2D eigenvalue weighted by Gasteiger charge is -2.17. The van der Waals surface area contributed by atoms with Crippen LogP contribution < -0.4 is 14.9 Å². The summed E-state index contributed by atoms with van der Waals surface area (Å²) >= 11 is 6.16. The van der Waals surface area contributed by atoms with E-state index in [4.69, 9.17) is 11.6 Å². The van der Waals surface area contributed by atoms with Crippen LogP contribution in [0.3, 0.4) is 0 Å². The van der Waals surface area contributed by atoms with E-state index >= 15 is 0 Å². The van der Waals surface area contributed by atoms with Gasteiger partial charge in [-0.1, -0.05) is 24.6 Å². The van der Waals surface area contributed by atoms with Crippen molar-refractivity contribution >= 4 is 44.8 Å². The third kappa shape index (κ3) is 5.44. The second-order valence-corrected chi connectivity index (χ2v) is 9.90. The molecular weight excluding hydrogens is 438 g/mol. The van der Waals surface area contributed by atoms with Crippen molar-refractivity contribution in [1.29, 1.82) is 0 Å². The van der Waals surface area contributed by atoms with Gasteiger partial charge >= 0.3 is 0 Å². The Balaban J connectivity index is 1.65. The van der Waals surface area contributed by atoms with Crippen molar-refractivity contribution < 1.29 is 18.0 Å². The molecule has 0 radical (unpaired) electrons. The molecule has 1 saturated heterocycles. The first-order valence-corrected chi connectivity index (χ1v) is 12.0. The van der Waals surface area contributed by atoms with Crippen LogP contribution in [0.5, 0.6) is 0 Å². The molecule has 2 atom stereocenters. The fourth-order valence-electron chi connectivity index (χ4n) is 3.26. The predicted octanol–water partition coefficient (Wildman–Crippen LogP) is 3.72. The molecule has 0 bridgehead atoms. The van der Waals surface area contributed by atoms with Gasteiger partial charge in [0.05, 0.1) is 10.8 Å². The van der Waals surface area contributed by atoms with Gasteiger partial charge in [0, 0.05) is 35.4 Å². The van der Waals surface area contributed by atoms with Gasteiger partial charge in [-0.05, 0) is 62.2 Å². The van der Waals surface area contributed by atoms with Crippen LogP contribution in [0.2, 0.25) is 5.02 Å². The molecule has 1 aliphatic rings. The Hall–Kier alpha value is -2.42. The van der Waals surface area contributed by atoms with E-state index < -0.39 is 15.9 Å². The fourth-order valence-corrected chi connectivity index (χ4v) is 4.76. The van der Waals surface area contributed by atoms with Gasteiger partial charge in [0.1, 0.15) is 0 Å². The molecule has 0 aliphatic carbocycles. The van der Waals surface area contributed by atoms with Gasteiger partial charge in [0.25, 0.3) is 0 Å². The molecule has 31 heavy (non-hydrogen) atoms. The minimum absolute atomic E-state index is 0.0998. The van der Waals surface area contributed by atoms with Crippen molar-refractivity contribution in [3.63, 3.8) is 0 Å². The summed E-state index contributed by atoms with van der Waals surface area (Å²) < 4.78 is 27.3. The molecule has 3 rings (SSSR count). The summed E-state index contributed by atoms with van der Waals surface area (Å²) in [5.74, 6) is -0.942. The van der Waals surface area contributed by atoms with E-state index in [1.807, 2.05) is 26.0 Å². The average Bonchev–Trinajstić information content (AvgIpc) is 3.12. The largest absolute Gasteiger partial charge is 0.326 e. The number of rotatable bonds is 7. The van der Waals surface area contributed by atoms with Gasteiger partial charge in [-0.25, -0.2) is 13.1 Å². The summed E-state index contributed by atoms with van der Waals surface area (Å²) in [7, 11) is -3.61. The highest BCUT2D eigenvalue weighted by Gasteiger charge is 2.35. The second kappa shape index (κ2) is 9.38. The number of hydrogen-bond acceptors (Lipinski definition) is 4. The molecule has 0 aromatic heterocycles. The zero-order chi connectivity index (χ0) is 22.8. The summed E-state index contributed by atoms with van der Waals surface area (Å²) in [5.41, 5.74) is 2.05. The van der Waals surface area contributed by atoms with Crippen LogP contribution >= 0.6 is 11.6 Å². The number of carbonyl (C=O) groups is 2. The van der Waals surface area contributed by atoms with Crippen molar-refractivity contribution in [2.45, 2.75) is 44.6 Å². The first-order valence-electron chi connectivity index (χ1n) is 10.1. The normalized spacial score (nSPS) is 17.6. The summed E-state index contributed by atoms with van der Waals surface area (Å²) in [6, 6.07) is 11.2. The SMILES string of the molecule is CC[C@H](C)NS(=O)(=O)c1ccc(NC(=O)[C@H]2CC(=O)N(c3ccc(C)c(Cl)c3)C2)cc1. The van der Waals surface area contributed by atoms with Crippen LogP contribution in [0.4, 0.5) is 11.4 Å². The Labute approximate surface area is 187 Å². The van der Waals surface area contributed by atoms with Gasteiger partial charge in [-0.15, -0.1) is 0 Å². The highest BCUT2D eigenvalue weighted by molar-refractivity contribution is 7.89. The molecule has 2 aromatic carbocycles. The highest BCUT2D eigenvalue weighted by atomic mass is 35.5. The molecule has 9 heteroatoms. The lowest BCUT2D eigenvalue weighted by atomic mass is 10.1. The number of amides is 2. The fraction of sp³-hybridized carbons (Fsp3) is 0.364. The lowest BCUT2D eigenvalue weighted by Crippen LogP contribution is -2.32. The smallest absolute Gasteiger partial charge is 0.240 e. The van der Waals surface area contributed by atoms with Crippen LogP contribution in [0, 0.1) is 12.8 Å². The molecule has 7 nitrogen and oxygen atoms in total. The summed E-state index contributed by atoms with van der Waals surface area (Å²) in [4.78, 5) is 26.8. The van der Waals surface area contributed by atoms with E-state index in [1.54, 1.807) is 17.9 Å². The van der Waals surface area contributed by atoms with Crippen LogP contribution in [0.25, 0.3) is 0 Å². The number of benzene rings is 2. The molecule has 1 fully saturated rings. The quantitative estimate of drug-likeness (QED) is 0.654. The zero-order valence-corrected chi connectivity index (χ0v) is 19.3. The number of anilines is 2. The minimum Gasteiger partial charge on any atom is -0.326 e. The van der Waals surface area contributed by atoms with E-state index in [1.165, 1.54) is 24.3 Å². The molecule has 2 N–H and O–H groups in total. The monoisotopic (exact) mass is 463 g/mol. The number of hydrogen-bond donors (Lipinski definition) is 2. The third-order valence-corrected chi connectivity index (χ3v) is 7.38. The maximum absolute atomic E-state index is 12.7. The van der Waals surface area contributed by atoms with Crippen molar-refractivity contribution in [2.24, 2.45) is 5.92 Å². The van der Waals surface area contributed by atoms with Gasteiger partial charge in [0.2, 0.25) is 21.8 Å². The van der Waals surface area contributed by atoms with Gasteiger partial charge in [0.15, 0.2) is 0 Å². The summed E-state index contributed by atoms with van der Waals surface area (Å²) in [6.07, 6.45) is 0.780. The molecule has 1 aliphatic heterocycles. The number of nitrogens with zero attached hydrogens (tertiary/aromatic N) is 1. The molecule has 2 aromatic rings. The maximum Gasteiger partial charge on any atom is 0.240 e. The third-order valence-electron chi connectivity index (χ3n) is 5.36. The summed E-state index contributed by atoms with van der Waals surface area (Å²) in [5, 5.41) is 3.33. The zero-order valence-electron chi connectivity index (χ0n) is 17.7. The molecule has 2 amide bonds. The van der Waals surface area contributed by atoms with E-state index in [0.29, 0.717) is 22.8 Å². The summed E-state index contributed by atoms with van der Waals surface area (Å²) in [6.45, 7) is 5.83. The Bertz CT molecular complexity index is 1090. The van der Waals surface area contributed by atoms with Crippen LogP contribution in [-0.2, 0) is 19.6 Å². The Morgan fingerprint density at radius 3 is 2.52 bits per heavy atom. The van der Waals surface area contributed by atoms with Gasteiger partial charge < -0.3 is 10.2 Å². The van der Waals surface area contributed by atoms with Gasteiger partial charge in [-0.3, -0.25) is 9.59 Å². The molecular formula is C22H26ClN3O4S. The van der Waals surface area contributed by atoms with E-state index in [-0.39, 0.29) is 35.7 Å². The molecule has 166 valence electrons. The Morgan fingerprint density at radius 1 is 1.23 bits per heavy atom.